The predicted octanol–water partition coefficient (Wildman–Crippen LogP) is 3.30. The summed E-state index contributed by atoms with van der Waals surface area (Å²) in [5.41, 5.74) is 1.93. The third-order valence-corrected chi connectivity index (χ3v) is 3.69. The molecule has 5 heteroatoms. The number of benzene rings is 2. The third-order valence-electron chi connectivity index (χ3n) is 3.69. The molecule has 2 amide bonds. The highest BCUT2D eigenvalue weighted by Crippen LogP contribution is 2.30. The van der Waals surface area contributed by atoms with Gasteiger partial charge in [0.2, 0.25) is 0 Å². The van der Waals surface area contributed by atoms with Crippen molar-refractivity contribution in [1.82, 2.24) is 4.90 Å². The van der Waals surface area contributed by atoms with Gasteiger partial charge in [-0.3, -0.25) is 0 Å². The smallest absolute Gasteiger partial charge is 0.321 e. The number of hydrogen-bond donors (Lipinski definition) is 1. The van der Waals surface area contributed by atoms with Crippen molar-refractivity contribution in [3.05, 3.63) is 54.1 Å². The lowest BCUT2D eigenvalue weighted by Gasteiger charge is -2.29. The van der Waals surface area contributed by atoms with Crippen LogP contribution in [0.25, 0.3) is 0 Å². The van der Waals surface area contributed by atoms with Gasteiger partial charge in [-0.15, -0.1) is 0 Å². The molecule has 0 aromatic heterocycles. The Bertz CT molecular complexity index is 685. The molecule has 23 heavy (non-hydrogen) atoms. The number of carbonyl (C=O) groups is 1. The van der Waals surface area contributed by atoms with Crippen LogP contribution in [0.1, 0.15) is 5.56 Å². The maximum absolute atomic E-state index is 12.2. The van der Waals surface area contributed by atoms with Crippen LogP contribution in [-0.4, -0.2) is 37.2 Å². The normalized spacial score (nSPS) is 15.8. The molecular weight excluding hydrogens is 292 g/mol. The summed E-state index contributed by atoms with van der Waals surface area (Å²) >= 11 is 0. The number of aryl methyl sites for hydroxylation is 1. The Hall–Kier alpha value is -2.69. The number of para-hydroxylation sites is 2. The Labute approximate surface area is 135 Å². The zero-order valence-electron chi connectivity index (χ0n) is 13.3. The number of rotatable bonds is 3. The fraction of sp³-hybridized carbons (Fsp3) is 0.278. The summed E-state index contributed by atoms with van der Waals surface area (Å²) in [6.45, 7) is 2.89. The van der Waals surface area contributed by atoms with Gasteiger partial charge in [0.25, 0.3) is 0 Å². The molecule has 1 N–H and O–H groups in total. The largest absolute Gasteiger partial charge is 0.486 e. The molecule has 1 aliphatic heterocycles. The first-order valence-corrected chi connectivity index (χ1v) is 7.59. The van der Waals surface area contributed by atoms with Crippen molar-refractivity contribution in [1.29, 1.82) is 0 Å². The van der Waals surface area contributed by atoms with Crippen LogP contribution in [-0.2, 0) is 0 Å². The molecule has 0 aliphatic carbocycles. The highest BCUT2D eigenvalue weighted by Gasteiger charge is 2.23. The van der Waals surface area contributed by atoms with Crippen LogP contribution in [0.5, 0.6) is 11.5 Å². The molecule has 1 heterocycles. The summed E-state index contributed by atoms with van der Waals surface area (Å²) in [5.74, 6) is 1.46. The number of fused-ring (bicyclic) bond motifs is 1. The van der Waals surface area contributed by atoms with Gasteiger partial charge in [-0.1, -0.05) is 29.8 Å². The van der Waals surface area contributed by atoms with Crippen LogP contribution in [0.4, 0.5) is 10.5 Å². The molecule has 0 bridgehead atoms. The Kier molecular flexibility index (Phi) is 4.37. The maximum Gasteiger partial charge on any atom is 0.321 e. The minimum absolute atomic E-state index is 0.170. The van der Waals surface area contributed by atoms with Gasteiger partial charge < -0.3 is 19.7 Å². The van der Waals surface area contributed by atoms with Crippen LogP contribution >= 0.6 is 0 Å². The van der Waals surface area contributed by atoms with E-state index in [9.17, 15) is 4.79 Å². The van der Waals surface area contributed by atoms with E-state index in [0.29, 0.717) is 13.2 Å². The molecule has 0 fully saturated rings. The van der Waals surface area contributed by atoms with E-state index in [-0.39, 0.29) is 12.1 Å². The van der Waals surface area contributed by atoms with Crippen molar-refractivity contribution in [3.63, 3.8) is 0 Å². The Morgan fingerprint density at radius 3 is 2.61 bits per heavy atom. The number of nitrogens with one attached hydrogen (secondary N) is 1. The quantitative estimate of drug-likeness (QED) is 0.946. The molecule has 0 spiro atoms. The van der Waals surface area contributed by atoms with Crippen molar-refractivity contribution in [3.8, 4) is 11.5 Å². The van der Waals surface area contributed by atoms with Crippen molar-refractivity contribution >= 4 is 11.7 Å². The summed E-state index contributed by atoms with van der Waals surface area (Å²) in [6, 6.07) is 15.1. The van der Waals surface area contributed by atoms with Gasteiger partial charge >= 0.3 is 6.03 Å². The van der Waals surface area contributed by atoms with Crippen LogP contribution in [0.3, 0.4) is 0 Å². The van der Waals surface area contributed by atoms with E-state index in [2.05, 4.69) is 5.32 Å². The van der Waals surface area contributed by atoms with Crippen LogP contribution < -0.4 is 14.8 Å². The topological polar surface area (TPSA) is 50.8 Å². The molecule has 3 rings (SSSR count). The Balaban J connectivity index is 1.56. The minimum Gasteiger partial charge on any atom is -0.486 e. The van der Waals surface area contributed by atoms with Crippen LogP contribution in [0.2, 0.25) is 0 Å². The average molecular weight is 312 g/mol. The molecule has 120 valence electrons. The van der Waals surface area contributed by atoms with E-state index in [1.54, 1.807) is 11.9 Å². The fourth-order valence-corrected chi connectivity index (χ4v) is 2.40. The number of carbonyl (C=O) groups excluding carboxylic acids is 1. The molecule has 2 aromatic carbocycles. The van der Waals surface area contributed by atoms with Gasteiger partial charge in [-0.2, -0.15) is 0 Å². The predicted molar refractivity (Wildman–Crippen MR) is 89.2 cm³/mol. The monoisotopic (exact) mass is 312 g/mol. The lowest BCUT2D eigenvalue weighted by molar-refractivity contribution is 0.0731. The van der Waals surface area contributed by atoms with Crippen LogP contribution in [0, 0.1) is 6.92 Å². The second-order valence-electron chi connectivity index (χ2n) is 5.67. The Morgan fingerprint density at radius 1 is 1.17 bits per heavy atom. The molecule has 1 aliphatic rings. The number of likely N-dealkylation sites (N-methyl/N-ethyl adjacent to an activating group) is 1. The van der Waals surface area contributed by atoms with Gasteiger partial charge in [-0.05, 0) is 31.2 Å². The van der Waals surface area contributed by atoms with E-state index in [0.717, 1.165) is 22.7 Å². The lowest BCUT2D eigenvalue weighted by Crippen LogP contribution is -2.43. The van der Waals surface area contributed by atoms with Crippen LogP contribution in [0.15, 0.2) is 48.5 Å². The minimum atomic E-state index is -0.182. The number of nitrogens with zero attached hydrogens (tertiary/aromatic N) is 1. The van der Waals surface area contributed by atoms with Gasteiger partial charge in [0, 0.05) is 12.7 Å². The van der Waals surface area contributed by atoms with E-state index >= 15 is 0 Å². The van der Waals surface area contributed by atoms with Gasteiger partial charge in [0.15, 0.2) is 17.6 Å². The molecule has 5 nitrogen and oxygen atoms in total. The van der Waals surface area contributed by atoms with Crippen molar-refractivity contribution in [2.75, 3.05) is 25.5 Å². The number of ether oxygens (including phenoxy) is 2. The summed E-state index contributed by atoms with van der Waals surface area (Å²) in [7, 11) is 1.74. The van der Waals surface area contributed by atoms with Gasteiger partial charge in [0.05, 0.1) is 6.54 Å². The van der Waals surface area contributed by atoms with E-state index in [4.69, 9.17) is 9.47 Å². The summed E-state index contributed by atoms with van der Waals surface area (Å²) < 4.78 is 11.5. The number of urea groups is 1. The highest BCUT2D eigenvalue weighted by atomic mass is 16.6. The third kappa shape index (κ3) is 3.74. The lowest BCUT2D eigenvalue weighted by atomic mass is 10.2. The van der Waals surface area contributed by atoms with Crippen molar-refractivity contribution in [2.45, 2.75) is 13.0 Å². The molecule has 0 radical (unpaired) electrons. The number of amides is 2. The number of hydrogen-bond acceptors (Lipinski definition) is 3. The fourth-order valence-electron chi connectivity index (χ4n) is 2.40. The summed E-state index contributed by atoms with van der Waals surface area (Å²) in [4.78, 5) is 13.8. The molecule has 2 aromatic rings. The Morgan fingerprint density at radius 2 is 1.87 bits per heavy atom. The zero-order valence-corrected chi connectivity index (χ0v) is 13.3. The zero-order chi connectivity index (χ0) is 16.2. The van der Waals surface area contributed by atoms with Gasteiger partial charge in [-0.25, -0.2) is 4.79 Å². The van der Waals surface area contributed by atoms with E-state index < -0.39 is 0 Å². The van der Waals surface area contributed by atoms with Crippen molar-refractivity contribution in [2.24, 2.45) is 0 Å². The average Bonchev–Trinajstić information content (AvgIpc) is 2.56. The van der Waals surface area contributed by atoms with E-state index in [1.165, 1.54) is 0 Å². The second kappa shape index (κ2) is 6.60. The first-order chi connectivity index (χ1) is 11.1. The molecule has 0 unspecified atom stereocenters. The van der Waals surface area contributed by atoms with E-state index in [1.807, 2.05) is 55.5 Å². The highest BCUT2D eigenvalue weighted by molar-refractivity contribution is 5.89. The number of anilines is 1. The molecule has 0 saturated carbocycles. The summed E-state index contributed by atoms with van der Waals surface area (Å²) in [6.07, 6.45) is -0.182. The standard InChI is InChI=1S/C18H20N2O3/c1-13-7-9-14(10-8-13)19-18(21)20(2)11-15-12-22-16-5-3-4-6-17(16)23-15/h3-10,15H,11-12H2,1-2H3,(H,19,21)/t15-/m1/s1. The molecule has 0 saturated heterocycles. The first kappa shape index (κ1) is 15.2. The summed E-state index contributed by atoms with van der Waals surface area (Å²) in [5, 5.41) is 2.87. The second-order valence-corrected chi connectivity index (χ2v) is 5.67. The maximum atomic E-state index is 12.2. The van der Waals surface area contributed by atoms with Crippen molar-refractivity contribution < 1.29 is 14.3 Å². The SMILES string of the molecule is Cc1ccc(NC(=O)N(C)C[C@@H]2COc3ccccc3O2)cc1. The molecular formula is C18H20N2O3. The van der Waals surface area contributed by atoms with Gasteiger partial charge in [0.1, 0.15) is 6.61 Å². The molecule has 1 atom stereocenters. The first-order valence-electron chi connectivity index (χ1n) is 7.59.